The van der Waals surface area contributed by atoms with E-state index in [9.17, 15) is 9.59 Å². The van der Waals surface area contributed by atoms with Crippen LogP contribution >= 0.6 is 0 Å². The summed E-state index contributed by atoms with van der Waals surface area (Å²) in [6.45, 7) is 1.40. The highest BCUT2D eigenvalue weighted by molar-refractivity contribution is 5.97. The van der Waals surface area contributed by atoms with Gasteiger partial charge in [-0.2, -0.15) is 0 Å². The van der Waals surface area contributed by atoms with Gasteiger partial charge in [-0.05, 0) is 19.8 Å². The number of aliphatic carboxylic acids is 1. The van der Waals surface area contributed by atoms with Gasteiger partial charge in [0.2, 0.25) is 5.91 Å². The van der Waals surface area contributed by atoms with Gasteiger partial charge in [0.15, 0.2) is 0 Å². The smallest absolute Gasteiger partial charge is 0.331 e. The molecular formula is C8H11NO3. The van der Waals surface area contributed by atoms with Crippen molar-refractivity contribution in [3.63, 3.8) is 0 Å². The Kier molecular flexibility index (Phi) is 2.47. The molecule has 0 bridgehead atoms. The highest BCUT2D eigenvalue weighted by Crippen LogP contribution is 2.18. The van der Waals surface area contributed by atoms with Crippen LogP contribution in [0.2, 0.25) is 0 Å². The second kappa shape index (κ2) is 3.38. The van der Waals surface area contributed by atoms with Gasteiger partial charge in [0.1, 0.15) is 0 Å². The Morgan fingerprint density at radius 3 is 2.50 bits per heavy atom. The molecule has 1 fully saturated rings. The molecule has 0 radical (unpaired) electrons. The third kappa shape index (κ3) is 2.74. The number of hydrogen-bond acceptors (Lipinski definition) is 2. The van der Waals surface area contributed by atoms with Crippen molar-refractivity contribution >= 4 is 11.9 Å². The number of hydrogen-bond donors (Lipinski definition) is 2. The molecule has 0 aromatic rings. The summed E-state index contributed by atoms with van der Waals surface area (Å²) in [4.78, 5) is 21.2. The van der Waals surface area contributed by atoms with Gasteiger partial charge in [0, 0.05) is 17.7 Å². The maximum atomic E-state index is 11.0. The number of carboxylic acid groups (broad SMARTS) is 1. The standard InChI is InChI=1S/C8H11NO3/c1-5(8(11)12)4-7(10)9-6-2-3-6/h4,6H,2-3H2,1H3,(H,9,10)(H,11,12). The first-order valence-corrected chi connectivity index (χ1v) is 3.81. The minimum atomic E-state index is -1.05. The average molecular weight is 169 g/mol. The number of carbonyl (C=O) groups excluding carboxylic acids is 1. The summed E-state index contributed by atoms with van der Waals surface area (Å²) in [5.41, 5.74) is 0.0631. The van der Waals surface area contributed by atoms with Crippen molar-refractivity contribution in [2.75, 3.05) is 0 Å². The van der Waals surface area contributed by atoms with E-state index in [1.54, 1.807) is 0 Å². The van der Waals surface area contributed by atoms with Crippen LogP contribution in [0.15, 0.2) is 11.6 Å². The van der Waals surface area contributed by atoms with Gasteiger partial charge in [-0.15, -0.1) is 0 Å². The number of rotatable bonds is 3. The molecule has 0 saturated heterocycles. The molecule has 0 spiro atoms. The predicted octanol–water partition coefficient (Wildman–Crippen LogP) is 0.296. The molecule has 2 N–H and O–H groups in total. The molecule has 1 aliphatic carbocycles. The number of carboxylic acids is 1. The van der Waals surface area contributed by atoms with Crippen LogP contribution in [0.4, 0.5) is 0 Å². The average Bonchev–Trinajstić information content (AvgIpc) is 2.71. The Bertz CT molecular complexity index is 241. The Balaban J connectivity index is 2.41. The van der Waals surface area contributed by atoms with Crippen LogP contribution in [0.25, 0.3) is 0 Å². The van der Waals surface area contributed by atoms with Crippen LogP contribution in [0, 0.1) is 0 Å². The topological polar surface area (TPSA) is 66.4 Å². The maximum absolute atomic E-state index is 11.0. The van der Waals surface area contributed by atoms with Crippen molar-refractivity contribution in [2.24, 2.45) is 0 Å². The number of nitrogens with one attached hydrogen (secondary N) is 1. The van der Waals surface area contributed by atoms with E-state index in [1.165, 1.54) is 6.92 Å². The van der Waals surface area contributed by atoms with Crippen LogP contribution in [0.3, 0.4) is 0 Å². The summed E-state index contributed by atoms with van der Waals surface area (Å²) in [6.07, 6.45) is 3.12. The third-order valence-electron chi connectivity index (χ3n) is 1.61. The second-order valence-corrected chi connectivity index (χ2v) is 2.92. The van der Waals surface area contributed by atoms with Crippen molar-refractivity contribution in [3.05, 3.63) is 11.6 Å². The molecule has 1 saturated carbocycles. The van der Waals surface area contributed by atoms with Gasteiger partial charge < -0.3 is 10.4 Å². The third-order valence-corrected chi connectivity index (χ3v) is 1.61. The molecule has 1 rings (SSSR count). The molecule has 0 aliphatic heterocycles. The predicted molar refractivity (Wildman–Crippen MR) is 42.6 cm³/mol. The molecule has 0 aromatic carbocycles. The van der Waals surface area contributed by atoms with Crippen LogP contribution in [-0.4, -0.2) is 23.0 Å². The Labute approximate surface area is 70.3 Å². The van der Waals surface area contributed by atoms with Gasteiger partial charge in [-0.3, -0.25) is 4.79 Å². The fourth-order valence-corrected chi connectivity index (χ4v) is 0.729. The summed E-state index contributed by atoms with van der Waals surface area (Å²) in [7, 11) is 0. The Morgan fingerprint density at radius 2 is 2.08 bits per heavy atom. The molecule has 12 heavy (non-hydrogen) atoms. The SMILES string of the molecule is CC(=CC(=O)NC1CC1)C(=O)O. The first kappa shape index (κ1) is 8.77. The zero-order valence-corrected chi connectivity index (χ0v) is 6.83. The summed E-state index contributed by atoms with van der Waals surface area (Å²) >= 11 is 0. The number of carbonyl (C=O) groups is 2. The molecule has 4 heteroatoms. The van der Waals surface area contributed by atoms with Crippen molar-refractivity contribution in [1.82, 2.24) is 5.32 Å². The molecular weight excluding hydrogens is 158 g/mol. The van der Waals surface area contributed by atoms with Gasteiger partial charge in [0.05, 0.1) is 0 Å². The van der Waals surface area contributed by atoms with Gasteiger partial charge in [-0.1, -0.05) is 0 Å². The van der Waals surface area contributed by atoms with Crippen LogP contribution in [0.5, 0.6) is 0 Å². The fraction of sp³-hybridized carbons (Fsp3) is 0.500. The molecule has 0 atom stereocenters. The first-order chi connectivity index (χ1) is 5.59. The molecule has 0 heterocycles. The van der Waals surface area contributed by atoms with E-state index in [4.69, 9.17) is 5.11 Å². The quantitative estimate of drug-likeness (QED) is 0.597. The highest BCUT2D eigenvalue weighted by atomic mass is 16.4. The molecule has 66 valence electrons. The minimum absolute atomic E-state index is 0.0631. The van der Waals surface area contributed by atoms with Crippen LogP contribution in [0.1, 0.15) is 19.8 Å². The molecule has 4 nitrogen and oxygen atoms in total. The Morgan fingerprint density at radius 1 is 1.50 bits per heavy atom. The van der Waals surface area contributed by atoms with E-state index in [1.807, 2.05) is 0 Å². The van der Waals surface area contributed by atoms with E-state index in [0.717, 1.165) is 18.9 Å². The fourth-order valence-electron chi connectivity index (χ4n) is 0.729. The van der Waals surface area contributed by atoms with Crippen molar-refractivity contribution in [1.29, 1.82) is 0 Å². The van der Waals surface area contributed by atoms with Gasteiger partial charge >= 0.3 is 5.97 Å². The molecule has 0 aromatic heterocycles. The monoisotopic (exact) mass is 169 g/mol. The van der Waals surface area contributed by atoms with E-state index in [2.05, 4.69) is 5.32 Å². The van der Waals surface area contributed by atoms with E-state index >= 15 is 0 Å². The zero-order valence-electron chi connectivity index (χ0n) is 6.83. The summed E-state index contributed by atoms with van der Waals surface area (Å²) in [5, 5.41) is 11.1. The normalized spacial score (nSPS) is 17.2. The van der Waals surface area contributed by atoms with Crippen molar-refractivity contribution in [2.45, 2.75) is 25.8 Å². The Hall–Kier alpha value is -1.32. The van der Waals surface area contributed by atoms with E-state index in [0.29, 0.717) is 0 Å². The molecule has 0 unspecified atom stereocenters. The van der Waals surface area contributed by atoms with Crippen LogP contribution < -0.4 is 5.32 Å². The van der Waals surface area contributed by atoms with E-state index < -0.39 is 5.97 Å². The van der Waals surface area contributed by atoms with Crippen molar-refractivity contribution in [3.8, 4) is 0 Å². The molecule has 1 amide bonds. The highest BCUT2D eigenvalue weighted by Gasteiger charge is 2.22. The van der Waals surface area contributed by atoms with Crippen molar-refractivity contribution < 1.29 is 14.7 Å². The van der Waals surface area contributed by atoms with Gasteiger partial charge in [0.25, 0.3) is 0 Å². The summed E-state index contributed by atoms with van der Waals surface area (Å²) in [5.74, 6) is -1.36. The summed E-state index contributed by atoms with van der Waals surface area (Å²) < 4.78 is 0. The lowest BCUT2D eigenvalue weighted by Gasteiger charge is -1.97. The lowest BCUT2D eigenvalue weighted by Crippen LogP contribution is -2.23. The van der Waals surface area contributed by atoms with E-state index in [-0.39, 0.29) is 17.5 Å². The zero-order chi connectivity index (χ0) is 9.14. The second-order valence-electron chi connectivity index (χ2n) is 2.92. The minimum Gasteiger partial charge on any atom is -0.478 e. The largest absolute Gasteiger partial charge is 0.478 e. The summed E-state index contributed by atoms with van der Waals surface area (Å²) in [6, 6.07) is 0.273. The maximum Gasteiger partial charge on any atom is 0.331 e. The van der Waals surface area contributed by atoms with Gasteiger partial charge in [-0.25, -0.2) is 4.79 Å². The lowest BCUT2D eigenvalue weighted by atomic mass is 10.3. The lowest BCUT2D eigenvalue weighted by molar-refractivity contribution is -0.133. The molecule has 1 aliphatic rings. The first-order valence-electron chi connectivity index (χ1n) is 3.81. The van der Waals surface area contributed by atoms with Crippen LogP contribution in [-0.2, 0) is 9.59 Å². The number of amides is 1.